The van der Waals surface area contributed by atoms with Crippen LogP contribution in [0.1, 0.15) is 18.9 Å². The van der Waals surface area contributed by atoms with E-state index in [4.69, 9.17) is 19.9 Å². The molecule has 0 spiro atoms. The van der Waals surface area contributed by atoms with Crippen LogP contribution in [0.5, 0.6) is 0 Å². The van der Waals surface area contributed by atoms with E-state index in [0.29, 0.717) is 13.0 Å². The molecule has 1 saturated heterocycles. The van der Waals surface area contributed by atoms with Gasteiger partial charge < -0.3 is 24.8 Å². The lowest BCUT2D eigenvalue weighted by atomic mass is 9.91. The molecule has 0 radical (unpaired) electrons. The van der Waals surface area contributed by atoms with Gasteiger partial charge in [0.2, 0.25) is 5.91 Å². The standard InChI is InChI=1S/C20H30N2O5/c1-14-19(26-10-9-18(23)22(2)3)16(11-15-7-5-4-6-8-15)12-25-13-17(21)20(24)27-14/h4-8,14,16-17,19H,9-13,21H2,1-3H3/t14-,16-,17-,19-/m0/s1. The third kappa shape index (κ3) is 6.61. The second kappa shape index (κ2) is 10.4. The van der Waals surface area contributed by atoms with E-state index in [0.717, 1.165) is 5.56 Å². The topological polar surface area (TPSA) is 91.1 Å². The summed E-state index contributed by atoms with van der Waals surface area (Å²) in [5.74, 6) is -0.545. The third-order valence-corrected chi connectivity index (χ3v) is 4.63. The number of carbonyl (C=O) groups excluding carboxylic acids is 2. The van der Waals surface area contributed by atoms with Crippen LogP contribution in [0.25, 0.3) is 0 Å². The lowest BCUT2D eigenvalue weighted by Crippen LogP contribution is -2.42. The van der Waals surface area contributed by atoms with Gasteiger partial charge in [0, 0.05) is 20.0 Å². The van der Waals surface area contributed by atoms with Crippen LogP contribution in [0, 0.1) is 5.92 Å². The molecule has 1 aliphatic heterocycles. The molecule has 2 rings (SSSR count). The molecule has 1 aromatic carbocycles. The molecule has 0 saturated carbocycles. The molecule has 0 aliphatic carbocycles. The Morgan fingerprint density at radius 3 is 2.63 bits per heavy atom. The molecule has 1 aliphatic rings. The highest BCUT2D eigenvalue weighted by atomic mass is 16.6. The van der Waals surface area contributed by atoms with Crippen LogP contribution < -0.4 is 5.73 Å². The lowest BCUT2D eigenvalue weighted by Gasteiger charge is -2.31. The Bertz CT molecular complexity index is 608. The van der Waals surface area contributed by atoms with Crippen molar-refractivity contribution in [3.8, 4) is 0 Å². The van der Waals surface area contributed by atoms with Crippen LogP contribution in [0.15, 0.2) is 30.3 Å². The monoisotopic (exact) mass is 378 g/mol. The van der Waals surface area contributed by atoms with Crippen LogP contribution >= 0.6 is 0 Å². The number of hydrogen-bond acceptors (Lipinski definition) is 6. The summed E-state index contributed by atoms with van der Waals surface area (Å²) in [4.78, 5) is 25.4. The average molecular weight is 378 g/mol. The van der Waals surface area contributed by atoms with Gasteiger partial charge in [-0.2, -0.15) is 0 Å². The first-order valence-electron chi connectivity index (χ1n) is 9.28. The van der Waals surface area contributed by atoms with Gasteiger partial charge in [0.25, 0.3) is 0 Å². The van der Waals surface area contributed by atoms with Crippen LogP contribution in [-0.2, 0) is 30.2 Å². The highest BCUT2D eigenvalue weighted by Crippen LogP contribution is 2.22. The molecule has 1 aromatic rings. The Hall–Kier alpha value is -1.96. The van der Waals surface area contributed by atoms with E-state index in [1.807, 2.05) is 30.3 Å². The Morgan fingerprint density at radius 1 is 1.26 bits per heavy atom. The maximum absolute atomic E-state index is 12.1. The summed E-state index contributed by atoms with van der Waals surface area (Å²) in [6.07, 6.45) is 0.0928. The van der Waals surface area contributed by atoms with Crippen molar-refractivity contribution in [2.45, 2.75) is 38.0 Å². The Kier molecular flexibility index (Phi) is 8.22. The third-order valence-electron chi connectivity index (χ3n) is 4.63. The number of ether oxygens (including phenoxy) is 3. The van der Waals surface area contributed by atoms with Crippen molar-refractivity contribution in [1.29, 1.82) is 0 Å². The van der Waals surface area contributed by atoms with Crippen LogP contribution in [-0.4, -0.2) is 68.9 Å². The minimum atomic E-state index is -0.807. The zero-order valence-electron chi connectivity index (χ0n) is 16.3. The molecule has 27 heavy (non-hydrogen) atoms. The highest BCUT2D eigenvalue weighted by Gasteiger charge is 2.34. The molecule has 4 atom stereocenters. The molecule has 2 N–H and O–H groups in total. The quantitative estimate of drug-likeness (QED) is 0.743. The molecule has 0 bridgehead atoms. The Balaban J connectivity index is 2.12. The van der Waals surface area contributed by atoms with Gasteiger partial charge in [-0.3, -0.25) is 9.59 Å². The van der Waals surface area contributed by atoms with E-state index in [9.17, 15) is 9.59 Å². The summed E-state index contributed by atoms with van der Waals surface area (Å²) < 4.78 is 17.2. The summed E-state index contributed by atoms with van der Waals surface area (Å²) >= 11 is 0. The summed E-state index contributed by atoms with van der Waals surface area (Å²) in [5, 5.41) is 0. The summed E-state index contributed by atoms with van der Waals surface area (Å²) in [7, 11) is 3.42. The molecule has 150 valence electrons. The number of nitrogens with two attached hydrogens (primary N) is 1. The summed E-state index contributed by atoms with van der Waals surface area (Å²) in [6, 6.07) is 9.21. The van der Waals surface area contributed by atoms with Gasteiger partial charge in [0.1, 0.15) is 12.1 Å². The maximum Gasteiger partial charge on any atom is 0.325 e. The number of carbonyl (C=O) groups is 2. The molecule has 1 heterocycles. The van der Waals surface area contributed by atoms with Crippen LogP contribution in [0.2, 0.25) is 0 Å². The zero-order valence-corrected chi connectivity index (χ0v) is 16.3. The minimum absolute atomic E-state index is 0.0133. The number of esters is 1. The molecule has 7 heteroatoms. The van der Waals surface area contributed by atoms with Crippen molar-refractivity contribution in [1.82, 2.24) is 4.90 Å². The predicted octanol–water partition coefficient (Wildman–Crippen LogP) is 0.998. The normalized spacial score (nSPS) is 26.4. The van der Waals surface area contributed by atoms with Crippen molar-refractivity contribution in [3.05, 3.63) is 35.9 Å². The number of benzene rings is 1. The largest absolute Gasteiger partial charge is 0.459 e. The van der Waals surface area contributed by atoms with E-state index in [1.54, 1.807) is 21.0 Å². The molecule has 1 amide bonds. The second-order valence-electron chi connectivity index (χ2n) is 7.11. The predicted molar refractivity (Wildman–Crippen MR) is 101 cm³/mol. The first-order chi connectivity index (χ1) is 12.9. The van der Waals surface area contributed by atoms with Gasteiger partial charge in [0.15, 0.2) is 0 Å². The van der Waals surface area contributed by atoms with Crippen molar-refractivity contribution in [2.24, 2.45) is 11.7 Å². The van der Waals surface area contributed by atoms with E-state index >= 15 is 0 Å². The van der Waals surface area contributed by atoms with Crippen LogP contribution in [0.3, 0.4) is 0 Å². The van der Waals surface area contributed by atoms with Gasteiger partial charge >= 0.3 is 5.97 Å². The van der Waals surface area contributed by atoms with Crippen molar-refractivity contribution in [3.63, 3.8) is 0 Å². The summed E-state index contributed by atoms with van der Waals surface area (Å²) in [5.41, 5.74) is 6.95. The molecule has 7 nitrogen and oxygen atoms in total. The number of hydrogen-bond donors (Lipinski definition) is 1. The fourth-order valence-corrected chi connectivity index (χ4v) is 3.10. The van der Waals surface area contributed by atoms with Crippen molar-refractivity contribution in [2.75, 3.05) is 33.9 Å². The lowest BCUT2D eigenvalue weighted by molar-refractivity contribution is -0.160. The Labute approximate surface area is 160 Å². The Morgan fingerprint density at radius 2 is 1.96 bits per heavy atom. The second-order valence-corrected chi connectivity index (χ2v) is 7.11. The van der Waals surface area contributed by atoms with E-state index in [2.05, 4.69) is 0 Å². The van der Waals surface area contributed by atoms with Gasteiger partial charge in [-0.25, -0.2) is 0 Å². The highest BCUT2D eigenvalue weighted by molar-refractivity contribution is 5.76. The minimum Gasteiger partial charge on any atom is -0.459 e. The van der Waals surface area contributed by atoms with Crippen molar-refractivity contribution < 1.29 is 23.8 Å². The van der Waals surface area contributed by atoms with Gasteiger partial charge in [0.05, 0.1) is 32.3 Å². The van der Waals surface area contributed by atoms with Gasteiger partial charge in [-0.05, 0) is 18.9 Å². The SMILES string of the molecule is C[C@@H]1OC(=O)[C@@H](N)COC[C@H](Cc2ccccc2)[C@H]1OCCC(=O)N(C)C. The fraction of sp³-hybridized carbons (Fsp3) is 0.600. The zero-order chi connectivity index (χ0) is 19.8. The first kappa shape index (κ1) is 21.3. The molecule has 1 fully saturated rings. The van der Waals surface area contributed by atoms with Gasteiger partial charge in [-0.15, -0.1) is 0 Å². The number of nitrogens with zero attached hydrogens (tertiary/aromatic N) is 1. The van der Waals surface area contributed by atoms with E-state index < -0.39 is 24.2 Å². The number of cyclic esters (lactones) is 1. The van der Waals surface area contributed by atoms with E-state index in [1.165, 1.54) is 4.90 Å². The average Bonchev–Trinajstić information content (AvgIpc) is 2.68. The summed E-state index contributed by atoms with van der Waals surface area (Å²) in [6.45, 7) is 2.56. The van der Waals surface area contributed by atoms with E-state index in [-0.39, 0.29) is 31.5 Å². The van der Waals surface area contributed by atoms with Crippen molar-refractivity contribution >= 4 is 11.9 Å². The number of amides is 1. The smallest absolute Gasteiger partial charge is 0.325 e. The number of rotatable bonds is 6. The maximum atomic E-state index is 12.1. The fourth-order valence-electron chi connectivity index (χ4n) is 3.10. The van der Waals surface area contributed by atoms with Gasteiger partial charge in [-0.1, -0.05) is 30.3 Å². The molecule has 0 unspecified atom stereocenters. The van der Waals surface area contributed by atoms with Crippen LogP contribution in [0.4, 0.5) is 0 Å². The molecular weight excluding hydrogens is 348 g/mol. The molecule has 0 aromatic heterocycles. The molecular formula is C20H30N2O5. The first-order valence-corrected chi connectivity index (χ1v) is 9.28.